The molecule has 0 saturated carbocycles. The molecule has 3 heteroatoms. The fraction of sp³-hybridized carbons (Fsp3) is 0.647. The van der Waals surface area contributed by atoms with Gasteiger partial charge in [-0.25, -0.2) is 0 Å². The van der Waals surface area contributed by atoms with Gasteiger partial charge in [0.25, 0.3) is 0 Å². The first kappa shape index (κ1) is 15.2. The summed E-state index contributed by atoms with van der Waals surface area (Å²) in [5, 5.41) is 0. The second-order valence-corrected chi connectivity index (χ2v) is 5.80. The highest BCUT2D eigenvalue weighted by molar-refractivity contribution is 5.71. The van der Waals surface area contributed by atoms with E-state index in [0.717, 1.165) is 37.2 Å². The first-order valence-electron chi connectivity index (χ1n) is 7.73. The third kappa shape index (κ3) is 3.26. The average molecular weight is 278 g/mol. The molecule has 0 aliphatic carbocycles. The van der Waals surface area contributed by atoms with Crippen molar-refractivity contribution in [3.8, 4) is 0 Å². The van der Waals surface area contributed by atoms with Crippen molar-refractivity contribution < 1.29 is 13.9 Å². The van der Waals surface area contributed by atoms with E-state index in [-0.39, 0.29) is 0 Å². The number of fused-ring (bicyclic) bond motifs is 1. The molecule has 3 nitrogen and oxygen atoms in total. The Balaban J connectivity index is 2.03. The largest absolute Gasteiger partial charge is 0.381 e. The lowest BCUT2D eigenvalue weighted by Gasteiger charge is -2.28. The molecule has 1 heterocycles. The van der Waals surface area contributed by atoms with Gasteiger partial charge in [-0.1, -0.05) is 33.8 Å². The number of ether oxygens (including phenoxy) is 1. The van der Waals surface area contributed by atoms with Crippen LogP contribution in [0.4, 0.5) is 0 Å². The van der Waals surface area contributed by atoms with E-state index in [4.69, 9.17) is 13.9 Å². The second-order valence-electron chi connectivity index (χ2n) is 5.80. The average Bonchev–Trinajstić information content (AvgIpc) is 2.42. The Kier molecular flexibility index (Phi) is 5.30. The summed E-state index contributed by atoms with van der Waals surface area (Å²) in [6.07, 6.45) is 2.21. The molecular formula is C17H26O3. The predicted octanol–water partition coefficient (Wildman–Crippen LogP) is 5.22. The number of benzene rings is 1. The third-order valence-electron chi connectivity index (χ3n) is 4.32. The number of hydrogen-bond acceptors (Lipinski definition) is 3. The Morgan fingerprint density at radius 2 is 1.85 bits per heavy atom. The van der Waals surface area contributed by atoms with E-state index in [0.29, 0.717) is 17.8 Å². The summed E-state index contributed by atoms with van der Waals surface area (Å²) >= 11 is 0. The van der Waals surface area contributed by atoms with E-state index in [1.807, 2.05) is 6.07 Å². The molecular weight excluding hydrogens is 252 g/mol. The van der Waals surface area contributed by atoms with Crippen LogP contribution >= 0.6 is 0 Å². The zero-order valence-electron chi connectivity index (χ0n) is 13.0. The van der Waals surface area contributed by atoms with E-state index < -0.39 is 0 Å². The summed E-state index contributed by atoms with van der Waals surface area (Å²) < 4.78 is 15.6. The summed E-state index contributed by atoms with van der Waals surface area (Å²) in [4.78, 5) is 0. The van der Waals surface area contributed by atoms with Crippen molar-refractivity contribution in [2.45, 2.75) is 46.5 Å². The second kappa shape index (κ2) is 6.98. The van der Waals surface area contributed by atoms with Crippen LogP contribution in [0.2, 0.25) is 0 Å². The Morgan fingerprint density at radius 1 is 1.10 bits per heavy atom. The fourth-order valence-corrected chi connectivity index (χ4v) is 2.82. The first-order chi connectivity index (χ1) is 9.67. The van der Waals surface area contributed by atoms with Crippen LogP contribution < -0.4 is 0 Å². The van der Waals surface area contributed by atoms with Crippen molar-refractivity contribution in [1.82, 2.24) is 0 Å². The molecule has 0 fully saturated rings. The minimum atomic E-state index is 0.532. The maximum atomic E-state index is 5.71. The Bertz CT molecular complexity index is 511. The molecule has 2 unspecified atom stereocenters. The smallest absolute Gasteiger partial charge is 0.225 e. The van der Waals surface area contributed by atoms with Crippen molar-refractivity contribution in [3.05, 3.63) is 23.8 Å². The van der Waals surface area contributed by atoms with E-state index in [2.05, 4.69) is 39.8 Å². The summed E-state index contributed by atoms with van der Waals surface area (Å²) in [6.45, 7) is 10.7. The summed E-state index contributed by atoms with van der Waals surface area (Å²) in [6, 6.07) is 6.27. The van der Waals surface area contributed by atoms with Crippen molar-refractivity contribution in [3.63, 3.8) is 0 Å². The fourth-order valence-electron chi connectivity index (χ4n) is 2.82. The van der Waals surface area contributed by atoms with Gasteiger partial charge in [-0.05, 0) is 48.3 Å². The molecule has 2 aromatic rings. The van der Waals surface area contributed by atoms with Crippen LogP contribution in [0.1, 0.15) is 52.0 Å². The van der Waals surface area contributed by atoms with Gasteiger partial charge in [-0.15, -0.1) is 0 Å². The van der Waals surface area contributed by atoms with Gasteiger partial charge in [0.1, 0.15) is 0 Å². The minimum absolute atomic E-state index is 0.532. The molecule has 3 atom stereocenters. The summed E-state index contributed by atoms with van der Waals surface area (Å²) in [7, 11) is 0. The topological polar surface area (TPSA) is 35.5 Å². The molecule has 0 aliphatic heterocycles. The molecule has 0 radical (unpaired) electrons. The monoisotopic (exact) mass is 278 g/mol. The van der Waals surface area contributed by atoms with Gasteiger partial charge in [0.2, 0.25) is 11.2 Å². The molecule has 1 aromatic carbocycles. The van der Waals surface area contributed by atoms with Gasteiger partial charge in [0, 0.05) is 13.2 Å². The Hall–Kier alpha value is -1.22. The lowest BCUT2D eigenvalue weighted by atomic mass is 9.78. The van der Waals surface area contributed by atoms with Gasteiger partial charge < -0.3 is 4.74 Å². The SMILES string of the molecule is CCCOCC(C)[C@H](C)C(CC)c1ccc2ooc2c1. The van der Waals surface area contributed by atoms with Gasteiger partial charge in [0.15, 0.2) is 0 Å². The maximum Gasteiger partial charge on any atom is 0.225 e. The zero-order chi connectivity index (χ0) is 14.5. The van der Waals surface area contributed by atoms with Crippen LogP contribution in [-0.2, 0) is 4.74 Å². The molecule has 0 aliphatic rings. The molecule has 0 spiro atoms. The quantitative estimate of drug-likeness (QED) is 0.490. The Labute approximate surface area is 121 Å². The van der Waals surface area contributed by atoms with E-state index in [1.165, 1.54) is 5.56 Å². The van der Waals surface area contributed by atoms with E-state index >= 15 is 0 Å². The van der Waals surface area contributed by atoms with Crippen molar-refractivity contribution >= 4 is 11.2 Å². The summed E-state index contributed by atoms with van der Waals surface area (Å²) in [5.74, 6) is 1.66. The van der Waals surface area contributed by atoms with Crippen molar-refractivity contribution in [1.29, 1.82) is 0 Å². The molecule has 1 aromatic heterocycles. The highest BCUT2D eigenvalue weighted by atomic mass is 17.0. The van der Waals surface area contributed by atoms with Crippen LogP contribution in [0.15, 0.2) is 27.4 Å². The normalized spacial score (nSPS) is 16.4. The number of hydrogen-bond donors (Lipinski definition) is 0. The van der Waals surface area contributed by atoms with Crippen molar-refractivity contribution in [2.75, 3.05) is 13.2 Å². The van der Waals surface area contributed by atoms with Crippen LogP contribution in [-0.4, -0.2) is 13.2 Å². The lowest BCUT2D eigenvalue weighted by Crippen LogP contribution is -2.21. The molecule has 0 amide bonds. The number of rotatable bonds is 8. The van der Waals surface area contributed by atoms with Gasteiger partial charge in [0.05, 0.1) is 0 Å². The van der Waals surface area contributed by atoms with Gasteiger partial charge in [-0.2, -0.15) is 0 Å². The molecule has 0 saturated heterocycles. The molecule has 0 N–H and O–H groups in total. The zero-order valence-corrected chi connectivity index (χ0v) is 13.0. The standard InChI is InChI=1S/C17H26O3/c1-5-9-18-11-12(3)13(4)15(6-2)14-7-8-16-17(10-14)20-19-16/h7-8,10,12-13,15H,5-6,9,11H2,1-4H3/t12?,13-,15?/m0/s1. The summed E-state index contributed by atoms with van der Waals surface area (Å²) in [5.41, 5.74) is 3.04. The predicted molar refractivity (Wildman–Crippen MR) is 81.0 cm³/mol. The third-order valence-corrected chi connectivity index (χ3v) is 4.32. The maximum absolute atomic E-state index is 5.71. The van der Waals surface area contributed by atoms with Crippen LogP contribution in [0, 0.1) is 11.8 Å². The van der Waals surface area contributed by atoms with E-state index in [1.54, 1.807) is 0 Å². The first-order valence-corrected chi connectivity index (χ1v) is 7.73. The lowest BCUT2D eigenvalue weighted by molar-refractivity contribution is 0.0586. The van der Waals surface area contributed by atoms with Crippen LogP contribution in [0.3, 0.4) is 0 Å². The highest BCUT2D eigenvalue weighted by Gasteiger charge is 2.24. The minimum Gasteiger partial charge on any atom is -0.381 e. The van der Waals surface area contributed by atoms with Crippen LogP contribution in [0.25, 0.3) is 11.2 Å². The van der Waals surface area contributed by atoms with Crippen LogP contribution in [0.5, 0.6) is 0 Å². The molecule has 20 heavy (non-hydrogen) atoms. The Morgan fingerprint density at radius 3 is 2.40 bits per heavy atom. The molecule has 2 rings (SSSR count). The van der Waals surface area contributed by atoms with Gasteiger partial charge in [-0.3, -0.25) is 9.15 Å². The van der Waals surface area contributed by atoms with Gasteiger partial charge >= 0.3 is 0 Å². The highest BCUT2D eigenvalue weighted by Crippen LogP contribution is 2.35. The molecule has 112 valence electrons. The van der Waals surface area contributed by atoms with Crippen molar-refractivity contribution in [2.24, 2.45) is 11.8 Å². The van der Waals surface area contributed by atoms with E-state index in [9.17, 15) is 0 Å². The molecule has 0 bridgehead atoms.